The molecular weight excluding hydrogens is 465 g/mol. The van der Waals surface area contributed by atoms with Crippen molar-refractivity contribution in [2.75, 3.05) is 16.8 Å². The molecule has 2 aromatic heterocycles. The zero-order valence-corrected chi connectivity index (χ0v) is 18.0. The van der Waals surface area contributed by atoms with Crippen LogP contribution in [0.1, 0.15) is 24.4 Å². The third-order valence-electron chi connectivity index (χ3n) is 5.59. The largest absolute Gasteiger partial charge is 0.391 e. The van der Waals surface area contributed by atoms with E-state index in [2.05, 4.69) is 20.7 Å². The second-order valence-corrected chi connectivity index (χ2v) is 8.67. The van der Waals surface area contributed by atoms with E-state index in [4.69, 9.17) is 23.8 Å². The summed E-state index contributed by atoms with van der Waals surface area (Å²) in [6.45, 7) is 0.188. The first-order valence-electron chi connectivity index (χ1n) is 9.96. The molecule has 0 spiro atoms. The Bertz CT molecular complexity index is 1210. The maximum absolute atomic E-state index is 14.5. The zero-order chi connectivity index (χ0) is 22.6. The topological polar surface area (TPSA) is 77.7 Å². The number of aliphatic hydroxyl groups excluding tert-OH is 1. The highest BCUT2D eigenvalue weighted by atomic mass is 35.5. The van der Waals surface area contributed by atoms with Crippen LogP contribution in [0.5, 0.6) is 0 Å². The molecule has 1 aromatic carbocycles. The number of hydrogen-bond acceptors (Lipinski definition) is 5. The summed E-state index contributed by atoms with van der Waals surface area (Å²) in [7, 11) is 0. The van der Waals surface area contributed by atoms with E-state index in [1.807, 2.05) is 0 Å². The van der Waals surface area contributed by atoms with Crippen LogP contribution in [0.3, 0.4) is 0 Å². The lowest BCUT2D eigenvalue weighted by Gasteiger charge is -2.26. The molecule has 7 nitrogen and oxygen atoms in total. The number of thiocarbonyl (C=S) groups is 1. The van der Waals surface area contributed by atoms with Crippen LogP contribution in [0, 0.1) is 11.6 Å². The lowest BCUT2D eigenvalue weighted by atomic mass is 10.0. The van der Waals surface area contributed by atoms with Gasteiger partial charge in [-0.2, -0.15) is 5.10 Å². The van der Waals surface area contributed by atoms with Gasteiger partial charge in [0.05, 0.1) is 18.2 Å². The molecule has 0 bridgehead atoms. The van der Waals surface area contributed by atoms with Crippen molar-refractivity contribution in [3.63, 3.8) is 0 Å². The van der Waals surface area contributed by atoms with Gasteiger partial charge in [-0.15, -0.1) is 0 Å². The minimum absolute atomic E-state index is 0.112. The molecule has 1 saturated heterocycles. The fourth-order valence-electron chi connectivity index (χ4n) is 3.92. The molecule has 1 aliphatic carbocycles. The Hall–Kier alpha value is -2.63. The highest BCUT2D eigenvalue weighted by Crippen LogP contribution is 2.38. The summed E-state index contributed by atoms with van der Waals surface area (Å²) in [5, 5.41) is 20.5. The summed E-state index contributed by atoms with van der Waals surface area (Å²) < 4.78 is 42.8. The van der Waals surface area contributed by atoms with E-state index >= 15 is 0 Å². The molecule has 3 aromatic rings. The minimum Gasteiger partial charge on any atom is -0.391 e. The van der Waals surface area contributed by atoms with E-state index in [0.29, 0.717) is 23.6 Å². The van der Waals surface area contributed by atoms with Gasteiger partial charge in [0.15, 0.2) is 15.9 Å². The van der Waals surface area contributed by atoms with Crippen LogP contribution >= 0.6 is 23.8 Å². The predicted octanol–water partition coefficient (Wildman–Crippen LogP) is 3.37. The summed E-state index contributed by atoms with van der Waals surface area (Å²) in [6.07, 6.45) is 0.560. The Morgan fingerprint density at radius 2 is 2.03 bits per heavy atom. The second kappa shape index (κ2) is 8.05. The number of aromatic nitrogens is 3. The Labute approximate surface area is 191 Å². The number of hydrogen-bond donors (Lipinski definition) is 3. The van der Waals surface area contributed by atoms with E-state index in [0.717, 1.165) is 18.2 Å². The molecule has 1 saturated carbocycles. The van der Waals surface area contributed by atoms with Crippen molar-refractivity contribution in [1.82, 2.24) is 19.9 Å². The normalized spacial score (nSPS) is 24.7. The monoisotopic (exact) mass is 482 g/mol. The molecule has 32 heavy (non-hydrogen) atoms. The predicted molar refractivity (Wildman–Crippen MR) is 118 cm³/mol. The Morgan fingerprint density at radius 3 is 2.78 bits per heavy atom. The minimum atomic E-state index is -0.930. The summed E-state index contributed by atoms with van der Waals surface area (Å²) in [5.74, 6) is -0.700. The molecular formula is C20H18ClF3N6OS. The van der Waals surface area contributed by atoms with Gasteiger partial charge in [-0.3, -0.25) is 0 Å². The van der Waals surface area contributed by atoms with Crippen molar-refractivity contribution in [3.05, 3.63) is 52.8 Å². The first-order chi connectivity index (χ1) is 15.3. The van der Waals surface area contributed by atoms with Crippen LogP contribution in [0.25, 0.3) is 5.65 Å². The second-order valence-electron chi connectivity index (χ2n) is 7.90. The van der Waals surface area contributed by atoms with Gasteiger partial charge in [0.25, 0.3) is 0 Å². The summed E-state index contributed by atoms with van der Waals surface area (Å²) >= 11 is 11.5. The number of aliphatic hydroxyl groups is 1. The summed E-state index contributed by atoms with van der Waals surface area (Å²) in [6, 6.07) is 3.97. The molecule has 0 amide bonds. The van der Waals surface area contributed by atoms with E-state index in [-0.39, 0.29) is 34.8 Å². The van der Waals surface area contributed by atoms with Gasteiger partial charge in [0.2, 0.25) is 0 Å². The van der Waals surface area contributed by atoms with Crippen LogP contribution in [0.4, 0.5) is 24.7 Å². The van der Waals surface area contributed by atoms with E-state index in [1.165, 1.54) is 4.52 Å². The zero-order valence-electron chi connectivity index (χ0n) is 16.5. The van der Waals surface area contributed by atoms with Gasteiger partial charge in [-0.05, 0) is 42.9 Å². The van der Waals surface area contributed by atoms with Gasteiger partial charge in [0.1, 0.15) is 29.3 Å². The Kier molecular flexibility index (Phi) is 5.34. The van der Waals surface area contributed by atoms with E-state index < -0.39 is 30.0 Å². The standard InChI is InChI=1S/C20H18ClF3N6OS/c21-18-17(27-20(32)25-14-7-13(14)24)19-26-16(3-4-30(19)28-18)29-8-10(31)6-15(29)11-5-9(22)1-2-12(11)23/h1-5,10,13-15,31H,6-8H2,(H2,25,27,32)/t10-,13+,14-,15+/m0/s1. The quantitative estimate of drug-likeness (QED) is 0.492. The number of benzene rings is 1. The molecule has 5 rings (SSSR count). The van der Waals surface area contributed by atoms with Crippen LogP contribution in [0.2, 0.25) is 5.15 Å². The van der Waals surface area contributed by atoms with E-state index in [9.17, 15) is 18.3 Å². The SMILES string of the molecule is O[C@H]1C[C@H](c2cc(F)ccc2F)N(c2ccn3nc(Cl)c(NC(=S)N[C@H]4C[C@H]4F)c3n2)C1. The summed E-state index contributed by atoms with van der Waals surface area (Å²) in [4.78, 5) is 6.30. The number of nitrogens with zero attached hydrogens (tertiary/aromatic N) is 4. The van der Waals surface area contributed by atoms with Crippen LogP contribution in [-0.2, 0) is 0 Å². The van der Waals surface area contributed by atoms with Crippen molar-refractivity contribution >= 4 is 46.1 Å². The highest BCUT2D eigenvalue weighted by molar-refractivity contribution is 7.80. The highest BCUT2D eigenvalue weighted by Gasteiger charge is 2.38. The molecule has 1 aliphatic heterocycles. The summed E-state index contributed by atoms with van der Waals surface area (Å²) in [5.41, 5.74) is 0.808. The fraction of sp³-hybridized carbons (Fsp3) is 0.350. The number of β-amino-alcohol motifs (C(OH)–C–C–N with tert-alkyl or cyclic N) is 1. The number of alkyl halides is 1. The molecule has 4 atom stereocenters. The lowest BCUT2D eigenvalue weighted by Crippen LogP contribution is -2.31. The lowest BCUT2D eigenvalue weighted by molar-refractivity contribution is 0.194. The maximum Gasteiger partial charge on any atom is 0.182 e. The third-order valence-corrected chi connectivity index (χ3v) is 6.07. The number of nitrogens with one attached hydrogen (secondary N) is 2. The molecule has 3 heterocycles. The maximum atomic E-state index is 14.5. The van der Waals surface area contributed by atoms with Crippen molar-refractivity contribution < 1.29 is 18.3 Å². The van der Waals surface area contributed by atoms with Crippen LogP contribution in [0.15, 0.2) is 30.5 Å². The molecule has 0 unspecified atom stereocenters. The van der Waals surface area contributed by atoms with Gasteiger partial charge in [-0.25, -0.2) is 22.7 Å². The Balaban J connectivity index is 1.48. The average molecular weight is 483 g/mol. The number of halogens is 4. The number of rotatable bonds is 4. The fourth-order valence-corrected chi connectivity index (χ4v) is 4.39. The number of anilines is 2. The van der Waals surface area contributed by atoms with Gasteiger partial charge >= 0.3 is 0 Å². The van der Waals surface area contributed by atoms with Crippen molar-refractivity contribution in [2.24, 2.45) is 0 Å². The molecule has 12 heteroatoms. The molecule has 3 N–H and O–H groups in total. The van der Waals surface area contributed by atoms with Crippen molar-refractivity contribution in [3.8, 4) is 0 Å². The Morgan fingerprint density at radius 1 is 1.25 bits per heavy atom. The first kappa shape index (κ1) is 21.2. The number of fused-ring (bicyclic) bond motifs is 1. The molecule has 2 aliphatic rings. The first-order valence-corrected chi connectivity index (χ1v) is 10.7. The smallest absolute Gasteiger partial charge is 0.182 e. The van der Waals surface area contributed by atoms with E-state index in [1.54, 1.807) is 17.2 Å². The average Bonchev–Trinajstić information content (AvgIpc) is 3.15. The van der Waals surface area contributed by atoms with Crippen molar-refractivity contribution in [2.45, 2.75) is 37.2 Å². The van der Waals surface area contributed by atoms with Crippen molar-refractivity contribution in [1.29, 1.82) is 0 Å². The van der Waals surface area contributed by atoms with Crippen LogP contribution < -0.4 is 15.5 Å². The third kappa shape index (κ3) is 3.96. The molecule has 168 valence electrons. The molecule has 0 radical (unpaired) electrons. The molecule has 2 fully saturated rings. The van der Waals surface area contributed by atoms with Gasteiger partial charge in [0, 0.05) is 24.7 Å². The van der Waals surface area contributed by atoms with Gasteiger partial charge in [-0.1, -0.05) is 11.6 Å². The van der Waals surface area contributed by atoms with Gasteiger partial charge < -0.3 is 20.6 Å². The van der Waals surface area contributed by atoms with Crippen LogP contribution in [-0.4, -0.2) is 49.7 Å².